The number of hydrogen-bond donors (Lipinski definition) is 4. The number of rotatable bonds is 6. The minimum Gasteiger partial charge on any atom is -0.409 e. The van der Waals surface area contributed by atoms with Gasteiger partial charge < -0.3 is 20.8 Å². The van der Waals surface area contributed by atoms with Crippen molar-refractivity contribution in [2.45, 2.75) is 0 Å². The van der Waals surface area contributed by atoms with Crippen LogP contribution in [0.2, 0.25) is 5.02 Å². The highest BCUT2D eigenvalue weighted by molar-refractivity contribution is 7.90. The van der Waals surface area contributed by atoms with E-state index in [1.54, 1.807) is 6.07 Å². The largest absolute Gasteiger partial charge is 0.409 e. The number of aromatic nitrogens is 3. The summed E-state index contributed by atoms with van der Waals surface area (Å²) in [5.41, 5.74) is 1.64. The fourth-order valence-corrected chi connectivity index (χ4v) is 3.06. The van der Waals surface area contributed by atoms with Gasteiger partial charge in [-0.3, -0.25) is 0 Å². The van der Waals surface area contributed by atoms with Crippen LogP contribution in [-0.4, -0.2) is 53.0 Å². The molecule has 12 heteroatoms. The molecular formula is C16H16ClFN6O3S. The first-order valence-electron chi connectivity index (χ1n) is 7.97. The molecule has 0 amide bonds. The first-order valence-corrected chi connectivity index (χ1v) is 10.4. The van der Waals surface area contributed by atoms with E-state index >= 15 is 0 Å². The molecule has 3 aromatic rings. The molecule has 9 nitrogen and oxygen atoms in total. The highest BCUT2D eigenvalue weighted by Gasteiger charge is 2.15. The number of benzene rings is 1. The predicted octanol–water partition coefficient (Wildman–Crippen LogP) is 2.45. The summed E-state index contributed by atoms with van der Waals surface area (Å²) in [5, 5.41) is 18.3. The summed E-state index contributed by atoms with van der Waals surface area (Å²) in [6.07, 6.45) is 2.62. The van der Waals surface area contributed by atoms with Crippen molar-refractivity contribution in [2.75, 3.05) is 29.2 Å². The zero-order valence-electron chi connectivity index (χ0n) is 14.6. The molecule has 0 radical (unpaired) electrons. The minimum atomic E-state index is -3.11. The fourth-order valence-electron chi connectivity index (χ4n) is 2.40. The molecule has 0 aliphatic rings. The average molecular weight is 427 g/mol. The molecule has 2 aromatic heterocycles. The van der Waals surface area contributed by atoms with E-state index in [2.05, 4.69) is 30.7 Å². The predicted molar refractivity (Wildman–Crippen MR) is 105 cm³/mol. The molecule has 0 unspecified atom stereocenters. The van der Waals surface area contributed by atoms with Crippen molar-refractivity contribution in [1.29, 1.82) is 0 Å². The van der Waals surface area contributed by atoms with Crippen LogP contribution < -0.4 is 10.6 Å². The second-order valence-electron chi connectivity index (χ2n) is 5.90. The van der Waals surface area contributed by atoms with Crippen LogP contribution in [-0.2, 0) is 9.84 Å². The van der Waals surface area contributed by atoms with Crippen LogP contribution in [0, 0.1) is 5.82 Å². The van der Waals surface area contributed by atoms with E-state index in [-0.39, 0.29) is 23.2 Å². The van der Waals surface area contributed by atoms with E-state index in [0.717, 1.165) is 6.26 Å². The van der Waals surface area contributed by atoms with Crippen LogP contribution in [0.5, 0.6) is 0 Å². The van der Waals surface area contributed by atoms with Gasteiger partial charge in [0.15, 0.2) is 11.5 Å². The van der Waals surface area contributed by atoms with Gasteiger partial charge in [-0.2, -0.15) is 4.98 Å². The SMILES string of the molecule is CS(=O)(=O)CCNc1nc2nccc(/C(=N\O)Nc3ccc(F)c(Cl)c3)c2[nH]1. The third-order valence-electron chi connectivity index (χ3n) is 3.69. The zero-order valence-corrected chi connectivity index (χ0v) is 16.1. The molecule has 3 rings (SSSR count). The third-order valence-corrected chi connectivity index (χ3v) is 4.93. The van der Waals surface area contributed by atoms with Gasteiger partial charge in [0.2, 0.25) is 5.95 Å². The highest BCUT2D eigenvalue weighted by atomic mass is 35.5. The Morgan fingerprint density at radius 1 is 1.39 bits per heavy atom. The first kappa shape index (κ1) is 19.8. The van der Waals surface area contributed by atoms with E-state index in [9.17, 15) is 18.0 Å². The van der Waals surface area contributed by atoms with E-state index in [1.165, 1.54) is 24.4 Å². The molecule has 0 aliphatic heterocycles. The second-order valence-corrected chi connectivity index (χ2v) is 8.57. The van der Waals surface area contributed by atoms with Crippen LogP contribution in [0.3, 0.4) is 0 Å². The molecule has 0 saturated carbocycles. The Morgan fingerprint density at radius 3 is 2.86 bits per heavy atom. The van der Waals surface area contributed by atoms with Gasteiger partial charge in [0.25, 0.3) is 0 Å². The number of nitrogens with one attached hydrogen (secondary N) is 3. The van der Waals surface area contributed by atoms with Crippen LogP contribution in [0.25, 0.3) is 11.2 Å². The molecule has 2 heterocycles. The summed E-state index contributed by atoms with van der Waals surface area (Å²) in [4.78, 5) is 11.3. The molecule has 0 spiro atoms. The Bertz CT molecular complexity index is 1150. The summed E-state index contributed by atoms with van der Waals surface area (Å²) in [5.74, 6) is -0.248. The summed E-state index contributed by atoms with van der Waals surface area (Å²) in [6.45, 7) is 0.168. The smallest absolute Gasteiger partial charge is 0.202 e. The lowest BCUT2D eigenvalue weighted by atomic mass is 10.2. The maximum Gasteiger partial charge on any atom is 0.202 e. The van der Waals surface area contributed by atoms with Gasteiger partial charge in [-0.1, -0.05) is 16.8 Å². The van der Waals surface area contributed by atoms with Gasteiger partial charge in [0.1, 0.15) is 15.7 Å². The molecule has 4 N–H and O–H groups in total. The minimum absolute atomic E-state index is 0.0550. The standard InChI is InChI=1S/C16H16ClFN6O3S/c1-28(26,27)7-6-20-16-22-13-10(4-5-19-15(13)23-16)14(24-25)21-9-2-3-12(18)11(17)8-9/h2-5,8,25H,6-7H2,1H3,(H,21,24)(H2,19,20,22,23). The van der Waals surface area contributed by atoms with Gasteiger partial charge in [0.05, 0.1) is 16.3 Å². The third kappa shape index (κ3) is 4.67. The number of H-pyrrole nitrogens is 1. The van der Waals surface area contributed by atoms with E-state index in [4.69, 9.17) is 11.6 Å². The topological polar surface area (TPSA) is 132 Å². The second kappa shape index (κ2) is 7.98. The van der Waals surface area contributed by atoms with Crippen molar-refractivity contribution >= 4 is 50.1 Å². The molecular weight excluding hydrogens is 411 g/mol. The number of pyridine rings is 1. The van der Waals surface area contributed by atoms with Crippen LogP contribution in [0.15, 0.2) is 35.6 Å². The maximum atomic E-state index is 13.3. The van der Waals surface area contributed by atoms with Gasteiger partial charge >= 0.3 is 0 Å². The molecule has 148 valence electrons. The lowest BCUT2D eigenvalue weighted by molar-refractivity contribution is 0.319. The number of halogens is 2. The number of amidine groups is 1. The number of fused-ring (bicyclic) bond motifs is 1. The van der Waals surface area contributed by atoms with Crippen molar-refractivity contribution in [3.63, 3.8) is 0 Å². The van der Waals surface area contributed by atoms with Gasteiger partial charge in [-0.05, 0) is 24.3 Å². The lowest BCUT2D eigenvalue weighted by Crippen LogP contribution is -2.15. The molecule has 0 bridgehead atoms. The summed E-state index contributed by atoms with van der Waals surface area (Å²) < 4.78 is 35.8. The average Bonchev–Trinajstić information content (AvgIpc) is 3.04. The van der Waals surface area contributed by atoms with Crippen LogP contribution in [0.4, 0.5) is 16.0 Å². The van der Waals surface area contributed by atoms with E-state index < -0.39 is 15.7 Å². The van der Waals surface area contributed by atoms with E-state index in [1.807, 2.05) is 0 Å². The molecule has 0 aliphatic carbocycles. The molecule has 0 fully saturated rings. The number of aromatic amines is 1. The number of anilines is 2. The number of sulfone groups is 1. The Kier molecular flexibility index (Phi) is 5.66. The van der Waals surface area contributed by atoms with Crippen LogP contribution >= 0.6 is 11.6 Å². The molecule has 1 aromatic carbocycles. The van der Waals surface area contributed by atoms with Gasteiger partial charge in [0, 0.05) is 30.2 Å². The molecule has 0 saturated heterocycles. The Labute approximate surface area is 164 Å². The number of nitrogens with zero attached hydrogens (tertiary/aromatic N) is 3. The van der Waals surface area contributed by atoms with Gasteiger partial charge in [-0.25, -0.2) is 17.8 Å². The van der Waals surface area contributed by atoms with Crippen molar-refractivity contribution in [3.05, 3.63) is 46.9 Å². The van der Waals surface area contributed by atoms with Crippen molar-refractivity contribution in [3.8, 4) is 0 Å². The summed E-state index contributed by atoms with van der Waals surface area (Å²) in [6, 6.07) is 5.57. The molecule has 28 heavy (non-hydrogen) atoms. The van der Waals surface area contributed by atoms with E-state index in [0.29, 0.717) is 28.4 Å². The zero-order chi connectivity index (χ0) is 20.3. The number of oxime groups is 1. The summed E-state index contributed by atoms with van der Waals surface area (Å²) in [7, 11) is -3.11. The quantitative estimate of drug-likeness (QED) is 0.206. The Morgan fingerprint density at radius 2 is 2.18 bits per heavy atom. The van der Waals surface area contributed by atoms with Gasteiger partial charge in [-0.15, -0.1) is 0 Å². The van der Waals surface area contributed by atoms with Crippen molar-refractivity contribution in [2.24, 2.45) is 5.16 Å². The van der Waals surface area contributed by atoms with Crippen LogP contribution in [0.1, 0.15) is 5.56 Å². The number of imidazole rings is 1. The first-order chi connectivity index (χ1) is 13.3. The highest BCUT2D eigenvalue weighted by Crippen LogP contribution is 2.22. The monoisotopic (exact) mass is 426 g/mol. The maximum absolute atomic E-state index is 13.3. The Balaban J connectivity index is 1.87. The lowest BCUT2D eigenvalue weighted by Gasteiger charge is -2.09. The normalized spacial score (nSPS) is 12.3. The van der Waals surface area contributed by atoms with Crippen molar-refractivity contribution in [1.82, 2.24) is 15.0 Å². The Hall–Kier alpha value is -2.92. The fraction of sp³-hybridized carbons (Fsp3) is 0.188. The van der Waals surface area contributed by atoms with Crippen molar-refractivity contribution < 1.29 is 18.0 Å². The number of hydrogen-bond acceptors (Lipinski definition) is 7. The summed E-state index contributed by atoms with van der Waals surface area (Å²) >= 11 is 5.77. The molecule has 0 atom stereocenters.